The van der Waals surface area contributed by atoms with E-state index in [1.54, 1.807) is 17.5 Å². The minimum absolute atomic E-state index is 0.0357. The van der Waals surface area contributed by atoms with Crippen molar-refractivity contribution in [2.24, 2.45) is 0 Å². The van der Waals surface area contributed by atoms with Gasteiger partial charge in [0.05, 0.1) is 29.3 Å². The summed E-state index contributed by atoms with van der Waals surface area (Å²) in [6, 6.07) is 7.77. The Morgan fingerprint density at radius 2 is 2.11 bits per heavy atom. The molecule has 0 spiro atoms. The predicted octanol–water partition coefficient (Wildman–Crippen LogP) is 2.28. The van der Waals surface area contributed by atoms with E-state index < -0.39 is 0 Å². The molecule has 1 fully saturated rings. The van der Waals surface area contributed by atoms with Gasteiger partial charge in [-0.25, -0.2) is 0 Å². The second kappa shape index (κ2) is 5.50. The van der Waals surface area contributed by atoms with E-state index in [4.69, 9.17) is 4.74 Å². The van der Waals surface area contributed by atoms with Gasteiger partial charge in [-0.3, -0.25) is 9.78 Å². The minimum atomic E-state index is 0.0357. The maximum Gasteiger partial charge on any atom is 0.255 e. The maximum atomic E-state index is 12.2. The molecule has 1 saturated heterocycles. The van der Waals surface area contributed by atoms with Gasteiger partial charge < -0.3 is 9.64 Å². The number of aromatic nitrogens is 1. The van der Waals surface area contributed by atoms with Crippen LogP contribution in [0.15, 0.2) is 35.8 Å². The Morgan fingerprint density at radius 3 is 2.74 bits per heavy atom. The highest BCUT2D eigenvalue weighted by Gasteiger charge is 2.18. The van der Waals surface area contributed by atoms with Gasteiger partial charge in [0.1, 0.15) is 0 Å². The fourth-order valence-electron chi connectivity index (χ4n) is 2.04. The van der Waals surface area contributed by atoms with Gasteiger partial charge in [0.2, 0.25) is 0 Å². The molecule has 0 atom stereocenters. The molecule has 4 nitrogen and oxygen atoms in total. The third-order valence-electron chi connectivity index (χ3n) is 3.08. The van der Waals surface area contributed by atoms with E-state index in [0.29, 0.717) is 31.9 Å². The molecule has 1 aliphatic heterocycles. The van der Waals surface area contributed by atoms with Gasteiger partial charge in [-0.15, -0.1) is 11.3 Å². The lowest BCUT2D eigenvalue weighted by atomic mass is 10.2. The number of amides is 1. The van der Waals surface area contributed by atoms with Gasteiger partial charge in [-0.2, -0.15) is 0 Å². The molecule has 0 unspecified atom stereocenters. The van der Waals surface area contributed by atoms with Crippen molar-refractivity contribution in [2.75, 3.05) is 26.3 Å². The SMILES string of the molecule is O=C(c1ccc(-c2cccs2)nc1)N1CCOCC1. The number of thiophene rings is 1. The molecule has 1 aliphatic rings. The summed E-state index contributed by atoms with van der Waals surface area (Å²) in [5, 5.41) is 2.02. The number of hydrogen-bond acceptors (Lipinski definition) is 4. The first-order valence-corrected chi connectivity index (χ1v) is 7.09. The standard InChI is InChI=1S/C14H14N2O2S/c17-14(16-5-7-18-8-6-16)11-3-4-12(15-10-11)13-2-1-9-19-13/h1-4,9-10H,5-8H2. The molecule has 3 heterocycles. The van der Waals surface area contributed by atoms with E-state index >= 15 is 0 Å². The first kappa shape index (κ1) is 12.3. The van der Waals surface area contributed by atoms with Crippen molar-refractivity contribution in [1.29, 1.82) is 0 Å². The van der Waals surface area contributed by atoms with Crippen molar-refractivity contribution in [2.45, 2.75) is 0 Å². The Hall–Kier alpha value is -1.72. The van der Waals surface area contributed by atoms with Crippen LogP contribution in [0.5, 0.6) is 0 Å². The van der Waals surface area contributed by atoms with Crippen molar-refractivity contribution in [1.82, 2.24) is 9.88 Å². The van der Waals surface area contributed by atoms with Crippen LogP contribution in [0.2, 0.25) is 0 Å². The van der Waals surface area contributed by atoms with Crippen LogP contribution < -0.4 is 0 Å². The normalized spacial score (nSPS) is 15.5. The number of hydrogen-bond donors (Lipinski definition) is 0. The number of carbonyl (C=O) groups is 1. The Labute approximate surface area is 115 Å². The summed E-state index contributed by atoms with van der Waals surface area (Å²) in [5.41, 5.74) is 1.55. The minimum Gasteiger partial charge on any atom is -0.378 e. The molecule has 5 heteroatoms. The van der Waals surface area contributed by atoms with Crippen LogP contribution in [0.25, 0.3) is 10.6 Å². The van der Waals surface area contributed by atoms with Crippen molar-refractivity contribution in [3.8, 4) is 10.6 Å². The maximum absolute atomic E-state index is 12.2. The lowest BCUT2D eigenvalue weighted by molar-refractivity contribution is 0.0302. The second-order valence-electron chi connectivity index (χ2n) is 4.31. The molecule has 1 amide bonds. The molecule has 0 aromatic carbocycles. The van der Waals surface area contributed by atoms with Crippen LogP contribution in [-0.2, 0) is 4.74 Å². The summed E-state index contributed by atoms with van der Waals surface area (Å²) in [6.45, 7) is 2.55. The van der Waals surface area contributed by atoms with Crippen molar-refractivity contribution < 1.29 is 9.53 Å². The fourth-order valence-corrected chi connectivity index (χ4v) is 2.74. The zero-order valence-electron chi connectivity index (χ0n) is 10.4. The van der Waals surface area contributed by atoms with E-state index in [1.165, 1.54) is 0 Å². The van der Waals surface area contributed by atoms with Crippen LogP contribution in [-0.4, -0.2) is 42.1 Å². The number of pyridine rings is 1. The van der Waals surface area contributed by atoms with Crippen molar-refractivity contribution in [3.63, 3.8) is 0 Å². The first-order chi connectivity index (χ1) is 9.34. The van der Waals surface area contributed by atoms with Crippen molar-refractivity contribution in [3.05, 3.63) is 41.4 Å². The molecule has 0 saturated carbocycles. The Balaban J connectivity index is 1.76. The Kier molecular flexibility index (Phi) is 3.57. The summed E-state index contributed by atoms with van der Waals surface area (Å²) in [5.74, 6) is 0.0357. The van der Waals surface area contributed by atoms with Gasteiger partial charge in [-0.05, 0) is 23.6 Å². The highest BCUT2D eigenvalue weighted by atomic mass is 32.1. The zero-order chi connectivity index (χ0) is 13.1. The molecule has 0 radical (unpaired) electrons. The summed E-state index contributed by atoms with van der Waals surface area (Å²) in [7, 11) is 0. The quantitative estimate of drug-likeness (QED) is 0.843. The average Bonchev–Trinajstić information content (AvgIpc) is 3.02. The van der Waals surface area contributed by atoms with Gasteiger partial charge in [0.15, 0.2) is 0 Å². The number of ether oxygens (including phenoxy) is 1. The number of carbonyl (C=O) groups excluding carboxylic acids is 1. The molecule has 0 aliphatic carbocycles. The van der Waals surface area contributed by atoms with E-state index in [-0.39, 0.29) is 5.91 Å². The molecule has 2 aromatic heterocycles. The van der Waals surface area contributed by atoms with Gasteiger partial charge in [0, 0.05) is 19.3 Å². The largest absolute Gasteiger partial charge is 0.378 e. The molecule has 2 aromatic rings. The average molecular weight is 274 g/mol. The predicted molar refractivity (Wildman–Crippen MR) is 74.3 cm³/mol. The van der Waals surface area contributed by atoms with Crippen LogP contribution in [0, 0.1) is 0 Å². The number of rotatable bonds is 2. The highest BCUT2D eigenvalue weighted by Crippen LogP contribution is 2.22. The van der Waals surface area contributed by atoms with Crippen molar-refractivity contribution >= 4 is 17.2 Å². The van der Waals surface area contributed by atoms with Gasteiger partial charge >= 0.3 is 0 Å². The third-order valence-corrected chi connectivity index (χ3v) is 3.97. The number of nitrogens with zero attached hydrogens (tertiary/aromatic N) is 2. The molecule has 0 N–H and O–H groups in total. The first-order valence-electron chi connectivity index (χ1n) is 6.21. The smallest absolute Gasteiger partial charge is 0.255 e. The molecular formula is C14H14N2O2S. The summed E-state index contributed by atoms with van der Waals surface area (Å²) >= 11 is 1.64. The molecule has 19 heavy (non-hydrogen) atoms. The lowest BCUT2D eigenvalue weighted by Gasteiger charge is -2.26. The second-order valence-corrected chi connectivity index (χ2v) is 5.26. The fraction of sp³-hybridized carbons (Fsp3) is 0.286. The van der Waals surface area contributed by atoms with Gasteiger partial charge in [0.25, 0.3) is 5.91 Å². The summed E-state index contributed by atoms with van der Waals surface area (Å²) in [6.07, 6.45) is 1.66. The van der Waals surface area contributed by atoms with E-state index in [2.05, 4.69) is 4.98 Å². The van der Waals surface area contributed by atoms with Gasteiger partial charge in [-0.1, -0.05) is 6.07 Å². The van der Waals surface area contributed by atoms with E-state index in [1.807, 2.05) is 34.5 Å². The molecule has 3 rings (SSSR count). The lowest BCUT2D eigenvalue weighted by Crippen LogP contribution is -2.40. The Morgan fingerprint density at radius 1 is 1.26 bits per heavy atom. The van der Waals surface area contributed by atoms with Crippen LogP contribution >= 0.6 is 11.3 Å². The summed E-state index contributed by atoms with van der Waals surface area (Å²) in [4.78, 5) is 19.5. The Bertz CT molecular complexity index is 545. The van der Waals surface area contributed by atoms with Crippen LogP contribution in [0.3, 0.4) is 0 Å². The topological polar surface area (TPSA) is 42.4 Å². The van der Waals surface area contributed by atoms with E-state index in [0.717, 1.165) is 10.6 Å². The molecule has 0 bridgehead atoms. The number of morpholine rings is 1. The monoisotopic (exact) mass is 274 g/mol. The summed E-state index contributed by atoms with van der Waals surface area (Å²) < 4.78 is 5.25. The van der Waals surface area contributed by atoms with Crippen LogP contribution in [0.1, 0.15) is 10.4 Å². The third kappa shape index (κ3) is 2.67. The molecular weight excluding hydrogens is 260 g/mol. The highest BCUT2D eigenvalue weighted by molar-refractivity contribution is 7.13. The molecule has 98 valence electrons. The van der Waals surface area contributed by atoms with E-state index in [9.17, 15) is 4.79 Å². The zero-order valence-corrected chi connectivity index (χ0v) is 11.2. The van der Waals surface area contributed by atoms with Crippen LogP contribution in [0.4, 0.5) is 0 Å².